The number of aliphatic hydroxyl groups is 1. The summed E-state index contributed by atoms with van der Waals surface area (Å²) in [6, 6.07) is 2.31. The average Bonchev–Trinajstić information content (AvgIpc) is 3.07. The third-order valence-corrected chi connectivity index (χ3v) is 3.08. The Morgan fingerprint density at radius 2 is 2.16 bits per heavy atom. The minimum atomic E-state index is -1.04. The molecule has 0 fully saturated rings. The quantitative estimate of drug-likeness (QED) is 0.665. The monoisotopic (exact) mass is 281 g/mol. The second-order valence-electron chi connectivity index (χ2n) is 3.53. The first-order valence-corrected chi connectivity index (χ1v) is 6.19. The summed E-state index contributed by atoms with van der Waals surface area (Å²) in [6.45, 7) is -0.509. The summed E-state index contributed by atoms with van der Waals surface area (Å²) in [5, 5.41) is 20.4. The van der Waals surface area contributed by atoms with Crippen molar-refractivity contribution in [3.8, 4) is 0 Å². The predicted molar refractivity (Wildman–Crippen MR) is 67.0 cm³/mol. The molecule has 2 aromatic heterocycles. The second-order valence-corrected chi connectivity index (χ2v) is 4.48. The third-order valence-electron chi connectivity index (χ3n) is 2.21. The maximum absolute atomic E-state index is 11.8. The van der Waals surface area contributed by atoms with Crippen molar-refractivity contribution in [2.75, 3.05) is 12.0 Å². The van der Waals surface area contributed by atoms with E-state index in [-0.39, 0.29) is 0 Å². The number of aliphatic hydroxyl groups excluding tert-OH is 1. The molecular formula is C10H11N5O3S. The minimum Gasteiger partial charge on any atom is -0.394 e. The van der Waals surface area contributed by atoms with Crippen LogP contribution in [0.5, 0.6) is 0 Å². The van der Waals surface area contributed by atoms with Gasteiger partial charge in [0.2, 0.25) is 0 Å². The first-order valence-electron chi connectivity index (χ1n) is 5.31. The van der Waals surface area contributed by atoms with Gasteiger partial charge in [-0.25, -0.2) is 4.68 Å². The summed E-state index contributed by atoms with van der Waals surface area (Å²) in [4.78, 5) is 24.0. The first kappa shape index (κ1) is 13.2. The van der Waals surface area contributed by atoms with Crippen LogP contribution in [0.15, 0.2) is 30.2 Å². The van der Waals surface area contributed by atoms with Crippen LogP contribution < -0.4 is 10.7 Å². The lowest BCUT2D eigenvalue weighted by atomic mass is 10.3. The van der Waals surface area contributed by atoms with E-state index in [9.17, 15) is 9.59 Å². The molecule has 0 aliphatic rings. The van der Waals surface area contributed by atoms with Crippen molar-refractivity contribution in [2.24, 2.45) is 0 Å². The number of rotatable bonds is 5. The van der Waals surface area contributed by atoms with Gasteiger partial charge in [0.25, 0.3) is 11.8 Å². The summed E-state index contributed by atoms with van der Waals surface area (Å²) >= 11 is 1.25. The highest BCUT2D eigenvalue weighted by Crippen LogP contribution is 2.08. The Balaban J connectivity index is 1.96. The largest absolute Gasteiger partial charge is 0.394 e. The van der Waals surface area contributed by atoms with E-state index in [0.29, 0.717) is 4.88 Å². The van der Waals surface area contributed by atoms with Crippen molar-refractivity contribution in [3.63, 3.8) is 0 Å². The van der Waals surface area contributed by atoms with Crippen LogP contribution in [0.2, 0.25) is 0 Å². The summed E-state index contributed by atoms with van der Waals surface area (Å²) in [5.41, 5.74) is 2.40. The molecule has 9 heteroatoms. The van der Waals surface area contributed by atoms with Crippen LogP contribution in [0.1, 0.15) is 9.67 Å². The van der Waals surface area contributed by atoms with E-state index in [0.717, 1.165) is 0 Å². The van der Waals surface area contributed by atoms with Crippen LogP contribution in [0.25, 0.3) is 0 Å². The number of hydrogen-bond acceptors (Lipinski definition) is 6. The Morgan fingerprint density at radius 3 is 2.74 bits per heavy atom. The van der Waals surface area contributed by atoms with Crippen LogP contribution in [0.3, 0.4) is 0 Å². The summed E-state index contributed by atoms with van der Waals surface area (Å²) < 4.78 is 1.22. The molecule has 19 heavy (non-hydrogen) atoms. The van der Waals surface area contributed by atoms with Crippen molar-refractivity contribution in [1.29, 1.82) is 0 Å². The molecule has 0 aromatic carbocycles. The lowest BCUT2D eigenvalue weighted by Gasteiger charge is -2.15. The molecule has 8 nitrogen and oxygen atoms in total. The highest BCUT2D eigenvalue weighted by atomic mass is 32.1. The molecule has 100 valence electrons. The molecule has 2 rings (SSSR count). The Labute approximate surface area is 112 Å². The van der Waals surface area contributed by atoms with Crippen LogP contribution in [0.4, 0.5) is 0 Å². The van der Waals surface area contributed by atoms with E-state index in [1.165, 1.54) is 28.7 Å². The van der Waals surface area contributed by atoms with Gasteiger partial charge in [0.15, 0.2) is 0 Å². The maximum atomic E-state index is 11.8. The standard InChI is InChI=1S/C10H11N5O3S/c16-4-7(9(17)14-15-5-11-12-6-15)13-10(18)8-2-1-3-19-8/h1-3,5-7,16H,4H2,(H,13,18)(H,14,17). The fraction of sp³-hybridized carbons (Fsp3) is 0.200. The molecule has 0 aliphatic carbocycles. The van der Waals surface area contributed by atoms with Gasteiger partial charge in [0.05, 0.1) is 11.5 Å². The zero-order valence-corrected chi connectivity index (χ0v) is 10.5. The average molecular weight is 281 g/mol. The lowest BCUT2D eigenvalue weighted by Crippen LogP contribution is -2.47. The van der Waals surface area contributed by atoms with E-state index >= 15 is 0 Å². The lowest BCUT2D eigenvalue weighted by molar-refractivity contribution is -0.119. The van der Waals surface area contributed by atoms with Gasteiger partial charge in [-0.3, -0.25) is 15.0 Å². The number of thiophene rings is 1. The predicted octanol–water partition coefficient (Wildman–Crippen LogP) is -0.799. The van der Waals surface area contributed by atoms with Crippen molar-refractivity contribution < 1.29 is 14.7 Å². The van der Waals surface area contributed by atoms with Gasteiger partial charge in [0, 0.05) is 0 Å². The molecule has 2 aromatic rings. The van der Waals surface area contributed by atoms with E-state index in [4.69, 9.17) is 5.11 Å². The van der Waals surface area contributed by atoms with E-state index in [1.807, 2.05) is 0 Å². The number of hydrogen-bond donors (Lipinski definition) is 3. The SMILES string of the molecule is O=C(NC(CO)C(=O)Nn1cnnc1)c1cccs1. The van der Waals surface area contributed by atoms with Gasteiger partial charge in [-0.05, 0) is 11.4 Å². The molecule has 0 aliphatic heterocycles. The highest BCUT2D eigenvalue weighted by Gasteiger charge is 2.21. The topological polar surface area (TPSA) is 109 Å². The van der Waals surface area contributed by atoms with Crippen LogP contribution in [0, 0.1) is 0 Å². The zero-order valence-electron chi connectivity index (χ0n) is 9.68. The Morgan fingerprint density at radius 1 is 1.42 bits per heavy atom. The summed E-state index contributed by atoms with van der Waals surface area (Å²) in [5.74, 6) is -0.972. The van der Waals surface area contributed by atoms with Gasteiger partial charge in [0.1, 0.15) is 18.7 Å². The highest BCUT2D eigenvalue weighted by molar-refractivity contribution is 7.12. The van der Waals surface area contributed by atoms with Gasteiger partial charge >= 0.3 is 0 Å². The van der Waals surface area contributed by atoms with E-state index in [2.05, 4.69) is 20.9 Å². The Bertz CT molecular complexity index is 540. The maximum Gasteiger partial charge on any atom is 0.263 e. The number of nitrogens with zero attached hydrogens (tertiary/aromatic N) is 3. The smallest absolute Gasteiger partial charge is 0.263 e. The first-order chi connectivity index (χ1) is 9.20. The number of nitrogens with one attached hydrogen (secondary N) is 2. The molecule has 2 heterocycles. The minimum absolute atomic E-state index is 0.409. The normalized spacial score (nSPS) is 11.8. The zero-order chi connectivity index (χ0) is 13.7. The van der Waals surface area contributed by atoms with Crippen molar-refractivity contribution >= 4 is 23.2 Å². The van der Waals surface area contributed by atoms with Crippen molar-refractivity contribution in [1.82, 2.24) is 20.2 Å². The summed E-state index contributed by atoms with van der Waals surface area (Å²) in [6.07, 6.45) is 2.57. The van der Waals surface area contributed by atoms with Gasteiger partial charge in [-0.15, -0.1) is 21.5 Å². The van der Waals surface area contributed by atoms with Crippen molar-refractivity contribution in [2.45, 2.75) is 6.04 Å². The molecule has 3 N–H and O–H groups in total. The number of amides is 2. The molecule has 1 atom stereocenters. The number of aromatic nitrogens is 3. The fourth-order valence-electron chi connectivity index (χ4n) is 1.29. The van der Waals surface area contributed by atoms with Crippen LogP contribution in [-0.2, 0) is 4.79 Å². The van der Waals surface area contributed by atoms with Gasteiger partial charge in [-0.2, -0.15) is 0 Å². The molecule has 0 spiro atoms. The Hall–Kier alpha value is -2.26. The van der Waals surface area contributed by atoms with Crippen molar-refractivity contribution in [3.05, 3.63) is 35.0 Å². The third kappa shape index (κ3) is 3.36. The molecule has 0 saturated carbocycles. The summed E-state index contributed by atoms with van der Waals surface area (Å²) in [7, 11) is 0. The van der Waals surface area contributed by atoms with Crippen LogP contribution >= 0.6 is 11.3 Å². The molecule has 0 saturated heterocycles. The van der Waals surface area contributed by atoms with Gasteiger partial charge < -0.3 is 10.4 Å². The second kappa shape index (κ2) is 6.07. The van der Waals surface area contributed by atoms with E-state index in [1.54, 1.807) is 17.5 Å². The molecule has 2 amide bonds. The van der Waals surface area contributed by atoms with E-state index < -0.39 is 24.5 Å². The fourth-order valence-corrected chi connectivity index (χ4v) is 1.92. The number of carbonyl (C=O) groups excluding carboxylic acids is 2. The number of carbonyl (C=O) groups is 2. The Kier molecular flexibility index (Phi) is 4.21. The molecule has 0 bridgehead atoms. The molecule has 1 unspecified atom stereocenters. The van der Waals surface area contributed by atoms with Crippen LogP contribution in [-0.4, -0.2) is 44.4 Å². The molecular weight excluding hydrogens is 270 g/mol. The molecule has 0 radical (unpaired) electrons. The van der Waals surface area contributed by atoms with Gasteiger partial charge in [-0.1, -0.05) is 6.07 Å².